The monoisotopic (exact) mass is 157 g/mol. The van der Waals surface area contributed by atoms with E-state index in [-0.39, 0.29) is 5.41 Å². The summed E-state index contributed by atoms with van der Waals surface area (Å²) in [4.78, 5) is 3.97. The van der Waals surface area contributed by atoms with Gasteiger partial charge < -0.3 is 0 Å². The summed E-state index contributed by atoms with van der Waals surface area (Å²) < 4.78 is 0. The Morgan fingerprint density at radius 3 is 2.83 bits per heavy atom. The second-order valence-corrected chi connectivity index (χ2v) is 3.22. The van der Waals surface area contributed by atoms with Gasteiger partial charge in [0.1, 0.15) is 0 Å². The minimum Gasteiger partial charge on any atom is -0.264 e. The number of rotatable bonds is 1. The van der Waals surface area contributed by atoms with Crippen LogP contribution in [0.4, 0.5) is 0 Å². The van der Waals surface area contributed by atoms with E-state index >= 15 is 0 Å². The van der Waals surface area contributed by atoms with Gasteiger partial charge in [-0.15, -0.1) is 0 Å². The van der Waals surface area contributed by atoms with Crippen LogP contribution in [0.15, 0.2) is 18.5 Å². The Labute approximate surface area is 71.9 Å². The van der Waals surface area contributed by atoms with Crippen LogP contribution in [0.5, 0.6) is 0 Å². The van der Waals surface area contributed by atoms with Crippen LogP contribution >= 0.6 is 0 Å². The van der Waals surface area contributed by atoms with Crippen LogP contribution in [0.1, 0.15) is 24.8 Å². The van der Waals surface area contributed by atoms with Crippen molar-refractivity contribution in [2.24, 2.45) is 0 Å². The summed E-state index contributed by atoms with van der Waals surface area (Å²) in [6, 6.07) is 7.15. The standard InChI is InChI=1S/C10H9N2/c11-8-10(4-2-5-10)9-3-1-6-12-7-9/h3,6-7H,2,4-5H2. The molecule has 2 rings (SSSR count). The van der Waals surface area contributed by atoms with Gasteiger partial charge in [-0.3, -0.25) is 4.98 Å². The highest BCUT2D eigenvalue weighted by molar-refractivity contribution is 5.32. The molecule has 0 saturated heterocycles. The van der Waals surface area contributed by atoms with Gasteiger partial charge in [-0.05, 0) is 30.9 Å². The molecule has 1 aliphatic carbocycles. The summed E-state index contributed by atoms with van der Waals surface area (Å²) in [5.41, 5.74) is 0.795. The number of hydrogen-bond acceptors (Lipinski definition) is 2. The van der Waals surface area contributed by atoms with Gasteiger partial charge >= 0.3 is 0 Å². The highest BCUT2D eigenvalue weighted by atomic mass is 14.6. The van der Waals surface area contributed by atoms with E-state index < -0.39 is 0 Å². The van der Waals surface area contributed by atoms with Gasteiger partial charge in [-0.25, -0.2) is 0 Å². The Morgan fingerprint density at radius 2 is 2.42 bits per heavy atom. The van der Waals surface area contributed by atoms with Crippen molar-refractivity contribution in [3.05, 3.63) is 30.1 Å². The molecule has 0 atom stereocenters. The maximum absolute atomic E-state index is 9.00. The topological polar surface area (TPSA) is 36.7 Å². The molecule has 1 heterocycles. The van der Waals surface area contributed by atoms with E-state index in [1.54, 1.807) is 12.4 Å². The third-order valence-electron chi connectivity index (χ3n) is 2.58. The first-order valence-corrected chi connectivity index (χ1v) is 4.10. The average Bonchev–Trinajstić information content (AvgIpc) is 2.05. The number of nitrogens with zero attached hydrogens (tertiary/aromatic N) is 2. The lowest BCUT2D eigenvalue weighted by molar-refractivity contribution is 0.323. The van der Waals surface area contributed by atoms with E-state index in [1.807, 2.05) is 6.07 Å². The van der Waals surface area contributed by atoms with Crippen LogP contribution < -0.4 is 0 Å². The van der Waals surface area contributed by atoms with Crippen LogP contribution in [0.2, 0.25) is 0 Å². The molecule has 0 aliphatic heterocycles. The summed E-state index contributed by atoms with van der Waals surface area (Å²) in [5.74, 6) is 0. The maximum Gasteiger partial charge on any atom is 0.0837 e. The minimum absolute atomic E-state index is 0.231. The number of pyridine rings is 1. The Hall–Kier alpha value is -1.36. The van der Waals surface area contributed by atoms with E-state index in [0.29, 0.717) is 0 Å². The van der Waals surface area contributed by atoms with Gasteiger partial charge in [0.15, 0.2) is 0 Å². The fourth-order valence-electron chi connectivity index (χ4n) is 1.58. The molecule has 1 fully saturated rings. The van der Waals surface area contributed by atoms with E-state index in [1.165, 1.54) is 0 Å². The zero-order chi connectivity index (χ0) is 8.44. The van der Waals surface area contributed by atoms with Crippen molar-refractivity contribution in [3.8, 4) is 6.07 Å². The van der Waals surface area contributed by atoms with Gasteiger partial charge in [0, 0.05) is 18.5 Å². The van der Waals surface area contributed by atoms with Crippen molar-refractivity contribution in [1.82, 2.24) is 4.98 Å². The van der Waals surface area contributed by atoms with Crippen molar-refractivity contribution < 1.29 is 0 Å². The summed E-state index contributed by atoms with van der Waals surface area (Å²) in [5, 5.41) is 9.00. The molecule has 12 heavy (non-hydrogen) atoms. The molecule has 0 N–H and O–H groups in total. The number of aromatic nitrogens is 1. The molecule has 1 saturated carbocycles. The second kappa shape index (κ2) is 2.60. The van der Waals surface area contributed by atoms with Crippen LogP contribution in [0.3, 0.4) is 0 Å². The van der Waals surface area contributed by atoms with Crippen LogP contribution in [0, 0.1) is 17.4 Å². The first kappa shape index (κ1) is 7.30. The maximum atomic E-state index is 9.00. The van der Waals surface area contributed by atoms with Gasteiger partial charge in [0.25, 0.3) is 0 Å². The van der Waals surface area contributed by atoms with E-state index in [4.69, 9.17) is 5.26 Å². The van der Waals surface area contributed by atoms with E-state index in [9.17, 15) is 0 Å². The first-order chi connectivity index (χ1) is 5.87. The lowest BCUT2D eigenvalue weighted by Crippen LogP contribution is -2.32. The third-order valence-corrected chi connectivity index (χ3v) is 2.58. The van der Waals surface area contributed by atoms with Gasteiger partial charge in [-0.2, -0.15) is 5.26 Å². The SMILES string of the molecule is N#CC1(c2c[c]cnc2)CCC1. The number of nitriles is 1. The normalized spacial score (nSPS) is 19.2. The zero-order valence-corrected chi connectivity index (χ0v) is 6.75. The molecule has 1 aromatic heterocycles. The molecular formula is C10H9N2. The largest absolute Gasteiger partial charge is 0.264 e. The van der Waals surface area contributed by atoms with Crippen molar-refractivity contribution in [1.29, 1.82) is 5.26 Å². The van der Waals surface area contributed by atoms with Crippen LogP contribution in [-0.4, -0.2) is 4.98 Å². The number of hydrogen-bond donors (Lipinski definition) is 0. The molecule has 1 radical (unpaired) electrons. The first-order valence-electron chi connectivity index (χ1n) is 4.10. The molecule has 2 nitrogen and oxygen atoms in total. The van der Waals surface area contributed by atoms with Crippen molar-refractivity contribution in [2.75, 3.05) is 0 Å². The molecular weight excluding hydrogens is 148 g/mol. The van der Waals surface area contributed by atoms with E-state index in [2.05, 4.69) is 17.1 Å². The molecule has 0 spiro atoms. The fraction of sp³-hybridized carbons (Fsp3) is 0.400. The van der Waals surface area contributed by atoms with Crippen molar-refractivity contribution >= 4 is 0 Å². The van der Waals surface area contributed by atoms with Gasteiger partial charge in [0.05, 0.1) is 11.5 Å². The predicted molar refractivity (Wildman–Crippen MR) is 44.2 cm³/mol. The molecule has 0 unspecified atom stereocenters. The Balaban J connectivity index is 2.36. The Kier molecular flexibility index (Phi) is 1.58. The lowest BCUT2D eigenvalue weighted by Gasteiger charge is -2.35. The highest BCUT2D eigenvalue weighted by Gasteiger charge is 2.38. The molecule has 0 amide bonds. The fourth-order valence-corrected chi connectivity index (χ4v) is 1.58. The van der Waals surface area contributed by atoms with Crippen molar-refractivity contribution in [2.45, 2.75) is 24.7 Å². The molecule has 2 heteroatoms. The second-order valence-electron chi connectivity index (χ2n) is 3.22. The average molecular weight is 157 g/mol. The summed E-state index contributed by atoms with van der Waals surface area (Å²) >= 11 is 0. The minimum atomic E-state index is -0.231. The predicted octanol–water partition coefficient (Wildman–Crippen LogP) is 1.83. The summed E-state index contributed by atoms with van der Waals surface area (Å²) in [7, 11) is 0. The molecule has 1 aliphatic rings. The Morgan fingerprint density at radius 1 is 1.58 bits per heavy atom. The van der Waals surface area contributed by atoms with Crippen LogP contribution in [0.25, 0.3) is 0 Å². The Bertz CT molecular complexity index is 306. The smallest absolute Gasteiger partial charge is 0.0837 e. The van der Waals surface area contributed by atoms with Crippen molar-refractivity contribution in [3.63, 3.8) is 0 Å². The molecule has 59 valence electrons. The van der Waals surface area contributed by atoms with Gasteiger partial charge in [0.2, 0.25) is 0 Å². The molecule has 1 aromatic rings. The van der Waals surface area contributed by atoms with Crippen LogP contribution in [-0.2, 0) is 5.41 Å². The third kappa shape index (κ3) is 0.902. The quantitative estimate of drug-likeness (QED) is 0.623. The van der Waals surface area contributed by atoms with E-state index in [0.717, 1.165) is 24.8 Å². The highest BCUT2D eigenvalue weighted by Crippen LogP contribution is 2.42. The zero-order valence-electron chi connectivity index (χ0n) is 6.75. The van der Waals surface area contributed by atoms with Gasteiger partial charge in [-0.1, -0.05) is 0 Å². The lowest BCUT2D eigenvalue weighted by atomic mass is 9.66. The summed E-state index contributed by atoms with van der Waals surface area (Å²) in [6.45, 7) is 0. The molecule has 0 aromatic carbocycles. The summed E-state index contributed by atoms with van der Waals surface area (Å²) in [6.07, 6.45) is 6.50. The molecule has 0 bridgehead atoms.